The highest BCUT2D eigenvalue weighted by Gasteiger charge is 2.11. The monoisotopic (exact) mass is 246 g/mol. The normalized spacial score (nSPS) is 10.3. The van der Waals surface area contributed by atoms with Gasteiger partial charge in [0.15, 0.2) is 0 Å². The summed E-state index contributed by atoms with van der Waals surface area (Å²) in [5.41, 5.74) is 2.20. The van der Waals surface area contributed by atoms with Gasteiger partial charge in [-0.3, -0.25) is 4.79 Å². The molecule has 0 unspecified atom stereocenters. The van der Waals surface area contributed by atoms with Crippen LogP contribution in [0.25, 0.3) is 11.4 Å². The SMILES string of the molecule is COc1cccc(-c2nc(CC(=O)O)c(C)[nH]2)c1. The highest BCUT2D eigenvalue weighted by molar-refractivity contribution is 5.70. The molecule has 18 heavy (non-hydrogen) atoms. The summed E-state index contributed by atoms with van der Waals surface area (Å²) in [5, 5.41) is 8.78. The van der Waals surface area contributed by atoms with Crippen LogP contribution in [0.1, 0.15) is 11.4 Å². The second-order valence-corrected chi connectivity index (χ2v) is 3.96. The van der Waals surface area contributed by atoms with E-state index in [1.165, 1.54) is 0 Å². The molecule has 1 heterocycles. The predicted octanol–water partition coefficient (Wildman–Crippen LogP) is 2.02. The molecule has 1 aromatic heterocycles. The number of nitrogens with zero attached hydrogens (tertiary/aromatic N) is 1. The fourth-order valence-electron chi connectivity index (χ4n) is 1.72. The maximum Gasteiger partial charge on any atom is 0.309 e. The minimum atomic E-state index is -0.887. The van der Waals surface area contributed by atoms with Gasteiger partial charge in [-0.25, -0.2) is 4.98 Å². The van der Waals surface area contributed by atoms with Crippen molar-refractivity contribution >= 4 is 5.97 Å². The molecule has 0 aliphatic rings. The van der Waals surface area contributed by atoms with Gasteiger partial charge in [0.25, 0.3) is 0 Å². The molecule has 0 aliphatic carbocycles. The summed E-state index contributed by atoms with van der Waals surface area (Å²) in [6.07, 6.45) is -0.0771. The largest absolute Gasteiger partial charge is 0.497 e. The van der Waals surface area contributed by atoms with E-state index in [0.29, 0.717) is 11.5 Å². The van der Waals surface area contributed by atoms with Crippen LogP contribution in [0.4, 0.5) is 0 Å². The molecule has 94 valence electrons. The third kappa shape index (κ3) is 2.51. The van der Waals surface area contributed by atoms with Crippen LogP contribution in [0.5, 0.6) is 5.75 Å². The zero-order chi connectivity index (χ0) is 13.1. The lowest BCUT2D eigenvalue weighted by atomic mass is 10.2. The Kier molecular flexibility index (Phi) is 3.32. The van der Waals surface area contributed by atoms with Crippen LogP contribution >= 0.6 is 0 Å². The number of aromatic amines is 1. The Morgan fingerprint density at radius 1 is 1.50 bits per heavy atom. The number of carbonyl (C=O) groups is 1. The maximum atomic E-state index is 10.7. The molecule has 0 radical (unpaired) electrons. The summed E-state index contributed by atoms with van der Waals surface area (Å²) < 4.78 is 5.14. The van der Waals surface area contributed by atoms with Gasteiger partial charge in [0.05, 0.1) is 19.2 Å². The minimum Gasteiger partial charge on any atom is -0.497 e. The smallest absolute Gasteiger partial charge is 0.309 e. The lowest BCUT2D eigenvalue weighted by Gasteiger charge is -2.01. The Morgan fingerprint density at radius 2 is 2.28 bits per heavy atom. The average Bonchev–Trinajstić information content (AvgIpc) is 2.70. The number of aliphatic carboxylic acids is 1. The van der Waals surface area contributed by atoms with Gasteiger partial charge in [-0.2, -0.15) is 0 Å². The standard InChI is InChI=1S/C13H14N2O3/c1-8-11(7-12(16)17)15-13(14-8)9-4-3-5-10(6-9)18-2/h3-6H,7H2,1-2H3,(H,14,15)(H,16,17). The number of H-pyrrole nitrogens is 1. The first-order valence-corrected chi connectivity index (χ1v) is 5.52. The summed E-state index contributed by atoms with van der Waals surface area (Å²) >= 11 is 0. The van der Waals surface area contributed by atoms with E-state index in [2.05, 4.69) is 9.97 Å². The average molecular weight is 246 g/mol. The number of hydrogen-bond donors (Lipinski definition) is 2. The molecule has 5 heteroatoms. The van der Waals surface area contributed by atoms with E-state index in [4.69, 9.17) is 9.84 Å². The second kappa shape index (κ2) is 4.91. The maximum absolute atomic E-state index is 10.7. The summed E-state index contributed by atoms with van der Waals surface area (Å²) in [6, 6.07) is 7.45. The molecule has 0 aliphatic heterocycles. The fourth-order valence-corrected chi connectivity index (χ4v) is 1.72. The van der Waals surface area contributed by atoms with Crippen molar-refractivity contribution < 1.29 is 14.6 Å². The topological polar surface area (TPSA) is 75.2 Å². The molecule has 0 bridgehead atoms. The lowest BCUT2D eigenvalue weighted by Crippen LogP contribution is -2.01. The Labute approximate surface area is 104 Å². The number of benzene rings is 1. The van der Waals surface area contributed by atoms with Gasteiger partial charge in [-0.05, 0) is 19.1 Å². The number of imidazole rings is 1. The molecule has 2 N–H and O–H groups in total. The van der Waals surface area contributed by atoms with Gasteiger partial charge in [-0.15, -0.1) is 0 Å². The zero-order valence-corrected chi connectivity index (χ0v) is 10.2. The van der Waals surface area contributed by atoms with Crippen LogP contribution in [0.3, 0.4) is 0 Å². The number of hydrogen-bond acceptors (Lipinski definition) is 3. The van der Waals surface area contributed by atoms with Crippen molar-refractivity contribution in [3.05, 3.63) is 35.7 Å². The van der Waals surface area contributed by atoms with E-state index in [-0.39, 0.29) is 6.42 Å². The van der Waals surface area contributed by atoms with Crippen LogP contribution in [-0.4, -0.2) is 28.2 Å². The summed E-state index contributed by atoms with van der Waals surface area (Å²) in [6.45, 7) is 1.81. The number of carboxylic acid groups (broad SMARTS) is 1. The van der Waals surface area contributed by atoms with E-state index < -0.39 is 5.97 Å². The van der Waals surface area contributed by atoms with Gasteiger partial charge in [0, 0.05) is 11.3 Å². The van der Waals surface area contributed by atoms with Gasteiger partial charge < -0.3 is 14.8 Å². The van der Waals surface area contributed by atoms with Crippen molar-refractivity contribution in [3.8, 4) is 17.1 Å². The third-order valence-corrected chi connectivity index (χ3v) is 2.65. The number of nitrogens with one attached hydrogen (secondary N) is 1. The van der Waals surface area contributed by atoms with Gasteiger partial charge in [0.1, 0.15) is 11.6 Å². The Morgan fingerprint density at radius 3 is 2.94 bits per heavy atom. The van der Waals surface area contributed by atoms with Gasteiger partial charge in [0.2, 0.25) is 0 Å². The molecule has 0 fully saturated rings. The molecule has 0 saturated heterocycles. The van der Waals surface area contributed by atoms with Gasteiger partial charge in [-0.1, -0.05) is 12.1 Å². The molecule has 0 saturated carbocycles. The second-order valence-electron chi connectivity index (χ2n) is 3.96. The first-order chi connectivity index (χ1) is 8.60. The van der Waals surface area contributed by atoms with Crippen LogP contribution in [0, 0.1) is 6.92 Å². The Hall–Kier alpha value is -2.30. The molecular formula is C13H14N2O3. The lowest BCUT2D eigenvalue weighted by molar-refractivity contribution is -0.136. The first kappa shape index (κ1) is 12.2. The van der Waals surface area contributed by atoms with E-state index in [1.807, 2.05) is 31.2 Å². The van der Waals surface area contributed by atoms with Crippen molar-refractivity contribution in [1.29, 1.82) is 0 Å². The number of carboxylic acids is 1. The zero-order valence-electron chi connectivity index (χ0n) is 10.2. The van der Waals surface area contributed by atoms with Crippen molar-refractivity contribution in [2.24, 2.45) is 0 Å². The van der Waals surface area contributed by atoms with Crippen molar-refractivity contribution in [3.63, 3.8) is 0 Å². The minimum absolute atomic E-state index is 0.0771. The van der Waals surface area contributed by atoms with Crippen molar-refractivity contribution in [2.75, 3.05) is 7.11 Å². The fraction of sp³-hybridized carbons (Fsp3) is 0.231. The molecular weight excluding hydrogens is 232 g/mol. The van der Waals surface area contributed by atoms with Crippen molar-refractivity contribution in [1.82, 2.24) is 9.97 Å². The van der Waals surface area contributed by atoms with Crippen LogP contribution in [0.2, 0.25) is 0 Å². The quantitative estimate of drug-likeness (QED) is 0.865. The Balaban J connectivity index is 2.35. The number of ether oxygens (including phenoxy) is 1. The predicted molar refractivity (Wildman–Crippen MR) is 66.7 cm³/mol. The Bertz CT molecular complexity index is 575. The first-order valence-electron chi connectivity index (χ1n) is 5.52. The number of methoxy groups -OCH3 is 1. The molecule has 0 atom stereocenters. The molecule has 0 amide bonds. The summed E-state index contributed by atoms with van der Waals surface area (Å²) in [7, 11) is 1.60. The molecule has 5 nitrogen and oxygen atoms in total. The molecule has 2 aromatic rings. The van der Waals surface area contributed by atoms with E-state index in [1.54, 1.807) is 7.11 Å². The molecule has 0 spiro atoms. The number of aromatic nitrogens is 2. The summed E-state index contributed by atoms with van der Waals surface area (Å²) in [5.74, 6) is 0.505. The molecule has 2 rings (SSSR count). The van der Waals surface area contributed by atoms with Crippen LogP contribution < -0.4 is 4.74 Å². The molecule has 1 aromatic carbocycles. The highest BCUT2D eigenvalue weighted by atomic mass is 16.5. The van der Waals surface area contributed by atoms with E-state index in [9.17, 15) is 4.79 Å². The third-order valence-electron chi connectivity index (χ3n) is 2.65. The van der Waals surface area contributed by atoms with Crippen LogP contribution in [0.15, 0.2) is 24.3 Å². The van der Waals surface area contributed by atoms with Crippen LogP contribution in [-0.2, 0) is 11.2 Å². The van der Waals surface area contributed by atoms with E-state index in [0.717, 1.165) is 17.0 Å². The van der Waals surface area contributed by atoms with E-state index >= 15 is 0 Å². The highest BCUT2D eigenvalue weighted by Crippen LogP contribution is 2.22. The van der Waals surface area contributed by atoms with Gasteiger partial charge >= 0.3 is 5.97 Å². The number of aryl methyl sites for hydroxylation is 1. The summed E-state index contributed by atoms with van der Waals surface area (Å²) in [4.78, 5) is 18.1. The number of rotatable bonds is 4. The van der Waals surface area contributed by atoms with Crippen molar-refractivity contribution in [2.45, 2.75) is 13.3 Å².